The number of oxazole rings is 1. The van der Waals surface area contributed by atoms with Crippen molar-refractivity contribution in [1.82, 2.24) is 4.98 Å². The fourth-order valence-corrected chi connectivity index (χ4v) is 3.08. The van der Waals surface area contributed by atoms with Crippen molar-refractivity contribution in [3.63, 3.8) is 0 Å². The van der Waals surface area contributed by atoms with Gasteiger partial charge in [-0.2, -0.15) is 0 Å². The van der Waals surface area contributed by atoms with Crippen molar-refractivity contribution >= 4 is 38.6 Å². The lowest BCUT2D eigenvalue weighted by atomic mass is 10.1. The Balaban J connectivity index is 1.53. The van der Waals surface area contributed by atoms with Crippen LogP contribution in [0, 0.1) is 0 Å². The molecule has 3 aromatic carbocycles. The summed E-state index contributed by atoms with van der Waals surface area (Å²) in [6.45, 7) is 2.11. The van der Waals surface area contributed by atoms with E-state index in [0.717, 1.165) is 33.2 Å². The van der Waals surface area contributed by atoms with Crippen LogP contribution in [0.25, 0.3) is 22.6 Å². The van der Waals surface area contributed by atoms with E-state index >= 15 is 0 Å². The highest BCUT2D eigenvalue weighted by Crippen LogP contribution is 2.26. The smallest absolute Gasteiger partial charge is 0.255 e. The van der Waals surface area contributed by atoms with Crippen LogP contribution in [0.1, 0.15) is 22.8 Å². The number of benzene rings is 3. The molecular formula is C22H17BrN2O2. The molecule has 1 heterocycles. The minimum atomic E-state index is -0.149. The van der Waals surface area contributed by atoms with E-state index in [1.807, 2.05) is 42.5 Å². The molecule has 0 saturated heterocycles. The van der Waals surface area contributed by atoms with Crippen LogP contribution in [0.4, 0.5) is 5.69 Å². The van der Waals surface area contributed by atoms with Crippen LogP contribution in [0.15, 0.2) is 75.6 Å². The molecule has 0 saturated carbocycles. The zero-order valence-corrected chi connectivity index (χ0v) is 16.3. The molecule has 0 aliphatic carbocycles. The fourth-order valence-electron chi connectivity index (χ4n) is 2.82. The van der Waals surface area contributed by atoms with Gasteiger partial charge in [-0.25, -0.2) is 4.98 Å². The molecule has 0 unspecified atom stereocenters. The highest BCUT2D eigenvalue weighted by molar-refractivity contribution is 9.10. The Kier molecular flexibility index (Phi) is 4.77. The maximum atomic E-state index is 12.3. The van der Waals surface area contributed by atoms with Gasteiger partial charge in [0.05, 0.1) is 0 Å². The first kappa shape index (κ1) is 17.5. The number of fused-ring (bicyclic) bond motifs is 1. The van der Waals surface area contributed by atoms with E-state index in [0.29, 0.717) is 11.5 Å². The Labute approximate surface area is 165 Å². The van der Waals surface area contributed by atoms with Crippen LogP contribution in [0.3, 0.4) is 0 Å². The summed E-state index contributed by atoms with van der Waals surface area (Å²) in [7, 11) is 0. The van der Waals surface area contributed by atoms with Gasteiger partial charge in [-0.15, -0.1) is 0 Å². The summed E-state index contributed by atoms with van der Waals surface area (Å²) in [6, 6.07) is 20.8. The molecule has 0 spiro atoms. The third-order valence-electron chi connectivity index (χ3n) is 4.36. The van der Waals surface area contributed by atoms with Gasteiger partial charge in [0.15, 0.2) is 5.58 Å². The number of aromatic nitrogens is 1. The second kappa shape index (κ2) is 7.37. The van der Waals surface area contributed by atoms with Crippen LogP contribution < -0.4 is 5.32 Å². The largest absolute Gasteiger partial charge is 0.436 e. The topological polar surface area (TPSA) is 55.1 Å². The van der Waals surface area contributed by atoms with Gasteiger partial charge >= 0.3 is 0 Å². The zero-order chi connectivity index (χ0) is 18.8. The summed E-state index contributed by atoms with van der Waals surface area (Å²) < 4.78 is 6.79. The van der Waals surface area contributed by atoms with Gasteiger partial charge in [-0.05, 0) is 72.6 Å². The molecule has 0 atom stereocenters. The zero-order valence-electron chi connectivity index (χ0n) is 14.7. The Morgan fingerprint density at radius 1 is 1.04 bits per heavy atom. The van der Waals surface area contributed by atoms with Crippen molar-refractivity contribution in [3.05, 3.63) is 82.3 Å². The normalized spacial score (nSPS) is 10.9. The van der Waals surface area contributed by atoms with Crippen LogP contribution in [-0.2, 0) is 6.42 Å². The van der Waals surface area contributed by atoms with Crippen molar-refractivity contribution in [2.45, 2.75) is 13.3 Å². The molecule has 0 radical (unpaired) electrons. The fraction of sp³-hybridized carbons (Fsp3) is 0.0909. The lowest BCUT2D eigenvalue weighted by Gasteiger charge is -2.06. The van der Waals surface area contributed by atoms with Crippen LogP contribution in [0.5, 0.6) is 0 Å². The van der Waals surface area contributed by atoms with Gasteiger partial charge in [0.1, 0.15) is 5.52 Å². The lowest BCUT2D eigenvalue weighted by molar-refractivity contribution is 0.102. The Bertz CT molecular complexity index is 1100. The summed E-state index contributed by atoms with van der Waals surface area (Å²) >= 11 is 3.37. The second-order valence-corrected chi connectivity index (χ2v) is 7.13. The number of hydrogen-bond acceptors (Lipinski definition) is 3. The number of hydrogen-bond donors (Lipinski definition) is 1. The standard InChI is InChI=1S/C22H17BrN2O2/c1-2-14-3-12-20-19(13-14)25-22(27-20)16-6-10-18(11-7-16)24-21(26)15-4-8-17(23)9-5-15/h3-13H,2H2,1H3,(H,24,26). The van der Waals surface area contributed by atoms with Gasteiger partial charge in [0.2, 0.25) is 5.89 Å². The van der Waals surface area contributed by atoms with E-state index in [4.69, 9.17) is 4.42 Å². The summed E-state index contributed by atoms with van der Waals surface area (Å²) in [5.74, 6) is 0.424. The number of rotatable bonds is 4. The molecule has 1 amide bonds. The van der Waals surface area contributed by atoms with Crippen LogP contribution in [0.2, 0.25) is 0 Å². The van der Waals surface area contributed by atoms with Gasteiger partial charge in [-0.1, -0.05) is 28.9 Å². The number of halogens is 1. The van der Waals surface area contributed by atoms with E-state index in [1.165, 1.54) is 5.56 Å². The molecule has 1 N–H and O–H groups in total. The summed E-state index contributed by atoms with van der Waals surface area (Å²) in [6.07, 6.45) is 0.963. The summed E-state index contributed by atoms with van der Waals surface area (Å²) in [4.78, 5) is 16.9. The number of nitrogens with zero attached hydrogens (tertiary/aromatic N) is 1. The minimum absolute atomic E-state index is 0.149. The Morgan fingerprint density at radius 3 is 2.48 bits per heavy atom. The first-order valence-electron chi connectivity index (χ1n) is 8.69. The third kappa shape index (κ3) is 3.78. The van der Waals surface area contributed by atoms with Crippen molar-refractivity contribution in [2.75, 3.05) is 5.32 Å². The molecule has 4 rings (SSSR count). The monoisotopic (exact) mass is 420 g/mol. The van der Waals surface area contributed by atoms with E-state index in [2.05, 4.69) is 45.3 Å². The molecule has 27 heavy (non-hydrogen) atoms. The molecular weight excluding hydrogens is 404 g/mol. The van der Waals surface area contributed by atoms with E-state index in [1.54, 1.807) is 12.1 Å². The SMILES string of the molecule is CCc1ccc2oc(-c3ccc(NC(=O)c4ccc(Br)cc4)cc3)nc2c1. The van der Waals surface area contributed by atoms with Gasteiger partial charge in [0, 0.05) is 21.3 Å². The molecule has 0 fully saturated rings. The van der Waals surface area contributed by atoms with Crippen molar-refractivity contribution in [2.24, 2.45) is 0 Å². The van der Waals surface area contributed by atoms with Crippen molar-refractivity contribution in [1.29, 1.82) is 0 Å². The molecule has 4 aromatic rings. The maximum absolute atomic E-state index is 12.3. The number of carbonyl (C=O) groups is 1. The molecule has 0 aliphatic heterocycles. The number of aryl methyl sites for hydroxylation is 1. The predicted molar refractivity (Wildman–Crippen MR) is 111 cm³/mol. The van der Waals surface area contributed by atoms with Crippen molar-refractivity contribution < 1.29 is 9.21 Å². The molecule has 0 bridgehead atoms. The van der Waals surface area contributed by atoms with E-state index in [9.17, 15) is 4.79 Å². The molecule has 1 aromatic heterocycles. The average molecular weight is 421 g/mol. The third-order valence-corrected chi connectivity index (χ3v) is 4.89. The first-order valence-corrected chi connectivity index (χ1v) is 9.48. The highest BCUT2D eigenvalue weighted by Gasteiger charge is 2.10. The second-order valence-electron chi connectivity index (χ2n) is 6.21. The van der Waals surface area contributed by atoms with Crippen molar-refractivity contribution in [3.8, 4) is 11.5 Å². The molecule has 134 valence electrons. The molecule has 0 aliphatic rings. The summed E-state index contributed by atoms with van der Waals surface area (Å²) in [5, 5.41) is 2.89. The highest BCUT2D eigenvalue weighted by atomic mass is 79.9. The minimum Gasteiger partial charge on any atom is -0.436 e. The Morgan fingerprint density at radius 2 is 1.78 bits per heavy atom. The van der Waals surface area contributed by atoms with Gasteiger partial charge < -0.3 is 9.73 Å². The molecule has 5 heteroatoms. The number of anilines is 1. The van der Waals surface area contributed by atoms with Gasteiger partial charge in [-0.3, -0.25) is 4.79 Å². The lowest BCUT2D eigenvalue weighted by Crippen LogP contribution is -2.11. The quantitative estimate of drug-likeness (QED) is 0.435. The Hall–Kier alpha value is -2.92. The number of amides is 1. The first-order chi connectivity index (χ1) is 13.1. The maximum Gasteiger partial charge on any atom is 0.255 e. The van der Waals surface area contributed by atoms with E-state index < -0.39 is 0 Å². The van der Waals surface area contributed by atoms with Gasteiger partial charge in [0.25, 0.3) is 5.91 Å². The van der Waals surface area contributed by atoms with Crippen LogP contribution >= 0.6 is 15.9 Å². The number of carbonyl (C=O) groups excluding carboxylic acids is 1. The van der Waals surface area contributed by atoms with E-state index in [-0.39, 0.29) is 5.91 Å². The average Bonchev–Trinajstić information content (AvgIpc) is 3.12. The molecule has 4 nitrogen and oxygen atoms in total. The van der Waals surface area contributed by atoms with Crippen LogP contribution in [-0.4, -0.2) is 10.9 Å². The predicted octanol–water partition coefficient (Wildman–Crippen LogP) is 6.07. The number of nitrogens with one attached hydrogen (secondary N) is 1. The summed E-state index contributed by atoms with van der Waals surface area (Å²) in [5.41, 5.74) is 5.05.